The van der Waals surface area contributed by atoms with Crippen LogP contribution >= 0.6 is 0 Å². The van der Waals surface area contributed by atoms with Crippen LogP contribution in [0.2, 0.25) is 0 Å². The molecule has 0 bridgehead atoms. The molecule has 27 heavy (non-hydrogen) atoms. The maximum Gasteiger partial charge on any atom is 0.405 e. The van der Waals surface area contributed by atoms with E-state index in [0.717, 1.165) is 16.8 Å². The van der Waals surface area contributed by atoms with Crippen LogP contribution in [0.5, 0.6) is 0 Å². The third-order valence-electron chi connectivity index (χ3n) is 3.90. The van der Waals surface area contributed by atoms with Crippen LogP contribution in [0.3, 0.4) is 0 Å². The Morgan fingerprint density at radius 1 is 1.00 bits per heavy atom. The predicted molar refractivity (Wildman–Crippen MR) is 101 cm³/mol. The second kappa shape index (κ2) is 8.57. The highest BCUT2D eigenvalue weighted by atomic mass is 16.4. The van der Waals surface area contributed by atoms with Crippen LogP contribution in [0.15, 0.2) is 73.2 Å². The predicted octanol–water partition coefficient (Wildman–Crippen LogP) is 2.96. The number of carbonyl (C=O) groups is 2. The lowest BCUT2D eigenvalue weighted by Gasteiger charge is -2.17. The van der Waals surface area contributed by atoms with E-state index in [-0.39, 0.29) is 6.42 Å². The molecule has 0 aliphatic heterocycles. The number of pyridine rings is 2. The number of anilines is 1. The van der Waals surface area contributed by atoms with Gasteiger partial charge in [0, 0.05) is 24.4 Å². The second-order valence-electron chi connectivity index (χ2n) is 5.85. The Morgan fingerprint density at radius 2 is 1.74 bits per heavy atom. The van der Waals surface area contributed by atoms with Gasteiger partial charge in [0.15, 0.2) is 0 Å². The van der Waals surface area contributed by atoms with Crippen LogP contribution in [-0.2, 0) is 11.2 Å². The van der Waals surface area contributed by atoms with Crippen molar-refractivity contribution in [2.45, 2.75) is 12.5 Å². The summed E-state index contributed by atoms with van der Waals surface area (Å²) in [5, 5.41) is 14.0. The van der Waals surface area contributed by atoms with Gasteiger partial charge >= 0.3 is 6.09 Å². The van der Waals surface area contributed by atoms with Gasteiger partial charge in [-0.15, -0.1) is 0 Å². The third kappa shape index (κ3) is 5.12. The normalized spacial score (nSPS) is 11.4. The molecule has 3 rings (SSSR count). The minimum atomic E-state index is -1.25. The van der Waals surface area contributed by atoms with Crippen molar-refractivity contribution in [1.82, 2.24) is 15.3 Å². The van der Waals surface area contributed by atoms with Gasteiger partial charge in [-0.2, -0.15) is 0 Å². The van der Waals surface area contributed by atoms with Crippen molar-refractivity contribution in [1.29, 1.82) is 0 Å². The fourth-order valence-electron chi connectivity index (χ4n) is 2.60. The van der Waals surface area contributed by atoms with Crippen LogP contribution in [0, 0.1) is 0 Å². The monoisotopic (exact) mass is 362 g/mol. The average molecular weight is 362 g/mol. The van der Waals surface area contributed by atoms with Crippen molar-refractivity contribution in [2.75, 3.05) is 5.32 Å². The molecule has 3 aromatic rings. The van der Waals surface area contributed by atoms with Gasteiger partial charge in [0.2, 0.25) is 5.91 Å². The molecule has 0 radical (unpaired) electrons. The maximum atomic E-state index is 12.5. The number of rotatable bonds is 6. The van der Waals surface area contributed by atoms with Crippen molar-refractivity contribution in [3.63, 3.8) is 0 Å². The molecule has 3 N–H and O–H groups in total. The van der Waals surface area contributed by atoms with Crippen molar-refractivity contribution >= 4 is 17.7 Å². The summed E-state index contributed by atoms with van der Waals surface area (Å²) in [5.41, 5.74) is 3.01. The molecule has 0 spiro atoms. The lowest BCUT2D eigenvalue weighted by molar-refractivity contribution is -0.118. The minimum absolute atomic E-state index is 0.251. The number of carboxylic acid groups (broad SMARTS) is 1. The van der Waals surface area contributed by atoms with Gasteiger partial charge in [0.05, 0.1) is 17.6 Å². The minimum Gasteiger partial charge on any atom is -0.465 e. The van der Waals surface area contributed by atoms with E-state index >= 15 is 0 Å². The number of aromatic nitrogens is 2. The number of hydrogen-bond donors (Lipinski definition) is 3. The molecule has 0 unspecified atom stereocenters. The molecule has 0 fully saturated rings. The topological polar surface area (TPSA) is 104 Å². The van der Waals surface area contributed by atoms with E-state index in [1.54, 1.807) is 24.5 Å². The quantitative estimate of drug-likeness (QED) is 0.625. The number of amides is 2. The van der Waals surface area contributed by atoms with Gasteiger partial charge in [-0.05, 0) is 29.8 Å². The third-order valence-corrected chi connectivity index (χ3v) is 3.90. The molecule has 7 heteroatoms. The summed E-state index contributed by atoms with van der Waals surface area (Å²) >= 11 is 0. The van der Waals surface area contributed by atoms with Crippen molar-refractivity contribution < 1.29 is 14.7 Å². The van der Waals surface area contributed by atoms with Crippen LogP contribution < -0.4 is 10.6 Å². The van der Waals surface area contributed by atoms with Crippen LogP contribution in [0.4, 0.5) is 10.5 Å². The van der Waals surface area contributed by atoms with E-state index < -0.39 is 18.0 Å². The molecule has 136 valence electrons. The van der Waals surface area contributed by atoms with Gasteiger partial charge in [-0.25, -0.2) is 4.79 Å². The number of hydrogen-bond acceptors (Lipinski definition) is 4. The van der Waals surface area contributed by atoms with Gasteiger partial charge in [0.25, 0.3) is 0 Å². The van der Waals surface area contributed by atoms with Gasteiger partial charge in [0.1, 0.15) is 6.04 Å². The van der Waals surface area contributed by atoms with Crippen molar-refractivity contribution in [3.05, 3.63) is 78.8 Å². The zero-order valence-corrected chi connectivity index (χ0v) is 14.4. The van der Waals surface area contributed by atoms with Crippen LogP contribution in [-0.4, -0.2) is 33.1 Å². The molecule has 0 saturated heterocycles. The van der Waals surface area contributed by atoms with E-state index in [4.69, 9.17) is 5.11 Å². The first-order valence-electron chi connectivity index (χ1n) is 8.32. The molecular formula is C20H18N4O3. The molecule has 2 heterocycles. The summed E-state index contributed by atoms with van der Waals surface area (Å²) < 4.78 is 0. The van der Waals surface area contributed by atoms with Crippen LogP contribution in [0.25, 0.3) is 11.3 Å². The van der Waals surface area contributed by atoms with Crippen molar-refractivity contribution in [3.8, 4) is 11.3 Å². The van der Waals surface area contributed by atoms with E-state index in [2.05, 4.69) is 20.6 Å². The lowest BCUT2D eigenvalue weighted by Crippen LogP contribution is -2.44. The van der Waals surface area contributed by atoms with Gasteiger partial charge < -0.3 is 15.7 Å². The Balaban J connectivity index is 1.70. The molecule has 2 amide bonds. The zero-order valence-electron chi connectivity index (χ0n) is 14.4. The molecule has 0 aliphatic carbocycles. The fraction of sp³-hybridized carbons (Fsp3) is 0.100. The van der Waals surface area contributed by atoms with Crippen LogP contribution in [0.1, 0.15) is 5.56 Å². The number of carbonyl (C=O) groups excluding carboxylic acids is 1. The van der Waals surface area contributed by atoms with Gasteiger partial charge in [-0.1, -0.05) is 30.3 Å². The molecule has 0 aliphatic rings. The Kier molecular flexibility index (Phi) is 5.73. The standard InChI is InChI=1S/C20H18N4O3/c25-19(18(24-20(26)27)12-14-4-2-1-3-5-14)23-16-6-7-17(22-13-16)15-8-10-21-11-9-15/h1-11,13,18,24H,12H2,(H,23,25)(H,26,27)/t18-/m0/s1. The van der Waals surface area contributed by atoms with E-state index in [1.165, 1.54) is 6.20 Å². The summed E-state index contributed by atoms with van der Waals surface area (Å²) in [6.45, 7) is 0. The molecule has 2 aromatic heterocycles. The van der Waals surface area contributed by atoms with E-state index in [0.29, 0.717) is 5.69 Å². The molecule has 1 aromatic carbocycles. The SMILES string of the molecule is O=C(O)N[C@@H](Cc1ccccc1)C(=O)Nc1ccc(-c2ccncc2)nc1. The molecule has 0 saturated carbocycles. The highest BCUT2D eigenvalue weighted by Crippen LogP contribution is 2.17. The smallest absolute Gasteiger partial charge is 0.405 e. The van der Waals surface area contributed by atoms with E-state index in [9.17, 15) is 9.59 Å². The first kappa shape index (κ1) is 18.1. The zero-order chi connectivity index (χ0) is 19.1. The summed E-state index contributed by atoms with van der Waals surface area (Å²) in [6.07, 6.45) is 3.89. The number of nitrogens with zero attached hydrogens (tertiary/aromatic N) is 2. The summed E-state index contributed by atoms with van der Waals surface area (Å²) in [5.74, 6) is -0.445. The summed E-state index contributed by atoms with van der Waals surface area (Å²) in [4.78, 5) is 31.9. The largest absolute Gasteiger partial charge is 0.465 e. The average Bonchev–Trinajstić information content (AvgIpc) is 2.69. The Labute approximate surface area is 156 Å². The fourth-order valence-corrected chi connectivity index (χ4v) is 2.60. The first-order valence-corrected chi connectivity index (χ1v) is 8.32. The lowest BCUT2D eigenvalue weighted by atomic mass is 10.1. The highest BCUT2D eigenvalue weighted by Gasteiger charge is 2.21. The maximum absolute atomic E-state index is 12.5. The van der Waals surface area contributed by atoms with Gasteiger partial charge in [-0.3, -0.25) is 14.8 Å². The van der Waals surface area contributed by atoms with E-state index in [1.807, 2.05) is 42.5 Å². The summed E-state index contributed by atoms with van der Waals surface area (Å²) in [7, 11) is 0. The number of benzene rings is 1. The Bertz CT molecular complexity index is 900. The summed E-state index contributed by atoms with van der Waals surface area (Å²) in [6, 6.07) is 15.5. The Morgan fingerprint density at radius 3 is 2.37 bits per heavy atom. The highest BCUT2D eigenvalue weighted by molar-refractivity contribution is 5.96. The van der Waals surface area contributed by atoms with Crippen molar-refractivity contribution in [2.24, 2.45) is 0 Å². The Hall–Kier alpha value is -3.74. The first-order chi connectivity index (χ1) is 13.1. The molecule has 1 atom stereocenters. The molecular weight excluding hydrogens is 344 g/mol. The second-order valence-corrected chi connectivity index (χ2v) is 5.85. The molecule has 7 nitrogen and oxygen atoms in total. The number of nitrogens with one attached hydrogen (secondary N) is 2.